The fraction of sp³-hybridized carbons (Fsp3) is 0.444. The number of carboxylic acids is 2. The average Bonchev–Trinajstić information content (AvgIpc) is 2.09. The van der Waals surface area contributed by atoms with E-state index in [1.165, 1.54) is 0 Å². The molecule has 6 nitrogen and oxygen atoms in total. The highest BCUT2D eigenvalue weighted by atomic mass is 16.4. The smallest absolute Gasteiger partial charge is 0.328 e. The van der Waals surface area contributed by atoms with E-state index in [1.807, 2.05) is 0 Å². The van der Waals surface area contributed by atoms with Crippen LogP contribution in [0.3, 0.4) is 0 Å². The molecule has 15 heavy (non-hydrogen) atoms. The molecule has 0 heterocycles. The maximum absolute atomic E-state index is 11.0. The molecule has 0 saturated heterocycles. The minimum absolute atomic E-state index is 0.273. The van der Waals surface area contributed by atoms with Gasteiger partial charge in [-0.1, -0.05) is 13.8 Å². The molecule has 0 saturated carbocycles. The number of hydrogen-bond donors (Lipinski definition) is 3. The van der Waals surface area contributed by atoms with Crippen LogP contribution < -0.4 is 5.32 Å². The number of carbonyl (C=O) groups excluding carboxylic acids is 1. The molecule has 1 atom stereocenters. The summed E-state index contributed by atoms with van der Waals surface area (Å²) >= 11 is 0. The Morgan fingerprint density at radius 2 is 1.67 bits per heavy atom. The Morgan fingerprint density at radius 1 is 1.13 bits per heavy atom. The number of aliphatic carboxylic acids is 2. The van der Waals surface area contributed by atoms with Crippen molar-refractivity contribution in [3.05, 3.63) is 12.2 Å². The second kappa shape index (κ2) is 5.79. The van der Waals surface area contributed by atoms with Crippen LogP contribution in [0.4, 0.5) is 0 Å². The molecule has 84 valence electrons. The first kappa shape index (κ1) is 13.2. The quantitative estimate of drug-likeness (QED) is 0.553. The fourth-order valence-electron chi connectivity index (χ4n) is 0.862. The molecule has 0 aliphatic heterocycles. The minimum atomic E-state index is -1.26. The zero-order valence-corrected chi connectivity index (χ0v) is 8.43. The van der Waals surface area contributed by atoms with Crippen LogP contribution in [0.2, 0.25) is 0 Å². The van der Waals surface area contributed by atoms with Crippen molar-refractivity contribution < 1.29 is 24.6 Å². The van der Waals surface area contributed by atoms with Gasteiger partial charge in [-0.25, -0.2) is 9.59 Å². The van der Waals surface area contributed by atoms with Crippen LogP contribution >= 0.6 is 0 Å². The second-order valence-electron chi connectivity index (χ2n) is 3.24. The van der Waals surface area contributed by atoms with Crippen molar-refractivity contribution >= 4 is 17.8 Å². The number of carbonyl (C=O) groups is 3. The highest BCUT2D eigenvalue weighted by Gasteiger charge is 2.22. The minimum Gasteiger partial charge on any atom is -0.480 e. The lowest BCUT2D eigenvalue weighted by Crippen LogP contribution is -2.43. The molecule has 3 N–H and O–H groups in total. The Bertz CT molecular complexity index is 295. The SMILES string of the molecule is CC(C)[C@@H](NC(=O)C=CC(=O)O)C(=O)O. The van der Waals surface area contributed by atoms with Crippen LogP contribution in [0, 0.1) is 5.92 Å². The zero-order valence-electron chi connectivity index (χ0n) is 8.43. The summed E-state index contributed by atoms with van der Waals surface area (Å²) < 4.78 is 0. The number of carboxylic acid groups (broad SMARTS) is 2. The molecule has 0 aliphatic rings. The van der Waals surface area contributed by atoms with E-state index in [2.05, 4.69) is 5.32 Å². The number of amides is 1. The Labute approximate surface area is 86.6 Å². The van der Waals surface area contributed by atoms with E-state index in [0.717, 1.165) is 6.08 Å². The normalized spacial score (nSPS) is 12.7. The number of nitrogens with one attached hydrogen (secondary N) is 1. The first-order valence-electron chi connectivity index (χ1n) is 4.29. The molecule has 1 amide bonds. The van der Waals surface area contributed by atoms with Crippen molar-refractivity contribution in [1.82, 2.24) is 5.32 Å². The van der Waals surface area contributed by atoms with Gasteiger partial charge >= 0.3 is 11.9 Å². The first-order valence-corrected chi connectivity index (χ1v) is 4.29. The molecule has 0 rings (SSSR count). The van der Waals surface area contributed by atoms with Gasteiger partial charge in [0.25, 0.3) is 0 Å². The van der Waals surface area contributed by atoms with E-state index >= 15 is 0 Å². The van der Waals surface area contributed by atoms with Crippen LogP contribution in [0.25, 0.3) is 0 Å². The molecule has 0 unspecified atom stereocenters. The van der Waals surface area contributed by atoms with Gasteiger partial charge < -0.3 is 15.5 Å². The van der Waals surface area contributed by atoms with Crippen LogP contribution in [0.1, 0.15) is 13.8 Å². The lowest BCUT2D eigenvalue weighted by molar-refractivity contribution is -0.142. The molecule has 0 radical (unpaired) electrons. The Balaban J connectivity index is 4.37. The molecule has 0 aliphatic carbocycles. The highest BCUT2D eigenvalue weighted by molar-refractivity contribution is 5.95. The summed E-state index contributed by atoms with van der Waals surface area (Å²) in [5.74, 6) is -3.42. The van der Waals surface area contributed by atoms with Crippen molar-refractivity contribution in [3.8, 4) is 0 Å². The largest absolute Gasteiger partial charge is 0.480 e. The van der Waals surface area contributed by atoms with Crippen molar-refractivity contribution in [2.24, 2.45) is 5.92 Å². The third-order valence-electron chi connectivity index (χ3n) is 1.61. The van der Waals surface area contributed by atoms with Crippen molar-refractivity contribution in [2.45, 2.75) is 19.9 Å². The average molecular weight is 215 g/mol. The molecule has 0 aromatic heterocycles. The van der Waals surface area contributed by atoms with E-state index in [-0.39, 0.29) is 5.92 Å². The van der Waals surface area contributed by atoms with Crippen molar-refractivity contribution in [2.75, 3.05) is 0 Å². The van der Waals surface area contributed by atoms with Crippen LogP contribution in [0.5, 0.6) is 0 Å². The monoisotopic (exact) mass is 215 g/mol. The number of hydrogen-bond acceptors (Lipinski definition) is 3. The van der Waals surface area contributed by atoms with Crippen LogP contribution in [-0.4, -0.2) is 34.1 Å². The van der Waals surface area contributed by atoms with Gasteiger partial charge in [-0.3, -0.25) is 4.79 Å². The third kappa shape index (κ3) is 5.45. The summed E-state index contributed by atoms with van der Waals surface area (Å²) in [6.45, 7) is 3.28. The Kier molecular flexibility index (Phi) is 5.08. The summed E-state index contributed by atoms with van der Waals surface area (Å²) in [6, 6.07) is -1.02. The van der Waals surface area contributed by atoms with Crippen molar-refractivity contribution in [1.29, 1.82) is 0 Å². The summed E-state index contributed by atoms with van der Waals surface area (Å²) in [7, 11) is 0. The molecule has 0 bridgehead atoms. The van der Waals surface area contributed by atoms with Gasteiger partial charge in [-0.05, 0) is 5.92 Å². The van der Waals surface area contributed by atoms with Gasteiger partial charge in [-0.15, -0.1) is 0 Å². The van der Waals surface area contributed by atoms with Crippen molar-refractivity contribution in [3.63, 3.8) is 0 Å². The number of rotatable bonds is 5. The predicted molar refractivity (Wildman–Crippen MR) is 51.2 cm³/mol. The molecule has 0 spiro atoms. The third-order valence-corrected chi connectivity index (χ3v) is 1.61. The van der Waals surface area contributed by atoms with Gasteiger partial charge in [0.15, 0.2) is 0 Å². The van der Waals surface area contributed by atoms with E-state index < -0.39 is 23.9 Å². The van der Waals surface area contributed by atoms with Gasteiger partial charge in [0.2, 0.25) is 5.91 Å². The molecular formula is C9H13NO5. The lowest BCUT2D eigenvalue weighted by Gasteiger charge is -2.16. The maximum atomic E-state index is 11.0. The Hall–Kier alpha value is -1.85. The predicted octanol–water partition coefficient (Wildman–Crippen LogP) is -0.147. The van der Waals surface area contributed by atoms with Gasteiger partial charge in [0, 0.05) is 12.2 Å². The summed E-state index contributed by atoms with van der Waals surface area (Å²) in [6.07, 6.45) is 1.43. The standard InChI is InChI=1S/C9H13NO5/c1-5(2)8(9(14)15)10-6(11)3-4-7(12)13/h3-5,8H,1-2H3,(H,10,11)(H,12,13)(H,14,15)/t8-/m1/s1. The summed E-state index contributed by atoms with van der Waals surface area (Å²) in [4.78, 5) is 31.8. The second-order valence-corrected chi connectivity index (χ2v) is 3.24. The van der Waals surface area contributed by atoms with Gasteiger partial charge in [0.05, 0.1) is 0 Å². The highest BCUT2D eigenvalue weighted by Crippen LogP contribution is 2.01. The van der Waals surface area contributed by atoms with Crippen LogP contribution in [-0.2, 0) is 14.4 Å². The fourth-order valence-corrected chi connectivity index (χ4v) is 0.862. The van der Waals surface area contributed by atoms with E-state index in [4.69, 9.17) is 10.2 Å². The van der Waals surface area contributed by atoms with Gasteiger partial charge in [0.1, 0.15) is 6.04 Å². The van der Waals surface area contributed by atoms with Crippen LogP contribution in [0.15, 0.2) is 12.2 Å². The molecule has 6 heteroatoms. The topological polar surface area (TPSA) is 104 Å². The zero-order chi connectivity index (χ0) is 12.0. The lowest BCUT2D eigenvalue weighted by atomic mass is 10.1. The first-order chi connectivity index (χ1) is 6.84. The molecule has 0 fully saturated rings. The Morgan fingerprint density at radius 3 is 2.00 bits per heavy atom. The van der Waals surface area contributed by atoms with E-state index in [9.17, 15) is 14.4 Å². The molecule has 0 aromatic rings. The summed E-state index contributed by atoms with van der Waals surface area (Å²) in [5.41, 5.74) is 0. The van der Waals surface area contributed by atoms with E-state index in [0.29, 0.717) is 6.08 Å². The van der Waals surface area contributed by atoms with E-state index in [1.54, 1.807) is 13.8 Å². The molecular weight excluding hydrogens is 202 g/mol. The summed E-state index contributed by atoms with van der Waals surface area (Å²) in [5, 5.41) is 19.1. The maximum Gasteiger partial charge on any atom is 0.328 e. The van der Waals surface area contributed by atoms with Gasteiger partial charge in [-0.2, -0.15) is 0 Å². The molecule has 0 aromatic carbocycles.